The summed E-state index contributed by atoms with van der Waals surface area (Å²) in [5.41, 5.74) is 13.5. The van der Waals surface area contributed by atoms with Gasteiger partial charge in [0.2, 0.25) is 0 Å². The molecule has 0 amide bonds. The Balaban J connectivity index is 2.17. The highest BCUT2D eigenvalue weighted by molar-refractivity contribution is 6.29. The van der Waals surface area contributed by atoms with Crippen molar-refractivity contribution < 1.29 is 0 Å². The van der Waals surface area contributed by atoms with Gasteiger partial charge in [-0.1, -0.05) is 30.3 Å². The topological polar surface area (TPSA) is 89.3 Å². The molecule has 1 heterocycles. The molecule has 0 aliphatic carbocycles. The summed E-state index contributed by atoms with van der Waals surface area (Å²) in [4.78, 5) is 8.30. The fourth-order valence-corrected chi connectivity index (χ4v) is 1.91. The predicted molar refractivity (Wildman–Crippen MR) is 87.5 cm³/mol. The first-order chi connectivity index (χ1) is 10.1. The summed E-state index contributed by atoms with van der Waals surface area (Å²) in [5, 5.41) is 4.29. The van der Waals surface area contributed by atoms with Crippen LogP contribution in [0.4, 0.5) is 0 Å². The number of aliphatic imine (C=N–C) groups is 1. The molecular weight excluding hydrogens is 286 g/mol. The Kier molecular flexibility index (Phi) is 4.79. The minimum atomic E-state index is 0.130. The van der Waals surface area contributed by atoms with Crippen molar-refractivity contribution in [2.75, 3.05) is 0 Å². The first-order valence-electron chi connectivity index (χ1n) is 6.28. The highest BCUT2D eigenvalue weighted by Crippen LogP contribution is 2.13. The minimum absolute atomic E-state index is 0.130. The molecule has 1 aromatic heterocycles. The summed E-state index contributed by atoms with van der Waals surface area (Å²) in [5.74, 6) is 0.392. The first-order valence-corrected chi connectivity index (χ1v) is 6.66. The van der Waals surface area contributed by atoms with E-state index in [9.17, 15) is 0 Å². The van der Waals surface area contributed by atoms with E-state index in [0.717, 1.165) is 16.5 Å². The molecular formula is C15H16ClN5. The van der Waals surface area contributed by atoms with Crippen molar-refractivity contribution in [1.29, 1.82) is 0 Å². The van der Waals surface area contributed by atoms with Gasteiger partial charge in [0.05, 0.1) is 11.2 Å². The van der Waals surface area contributed by atoms with Gasteiger partial charge in [-0.25, -0.2) is 4.99 Å². The number of halogens is 1. The van der Waals surface area contributed by atoms with Gasteiger partial charge in [0.1, 0.15) is 5.16 Å². The average molecular weight is 302 g/mol. The van der Waals surface area contributed by atoms with Crippen LogP contribution in [0.2, 0.25) is 0 Å². The van der Waals surface area contributed by atoms with Crippen LogP contribution in [-0.4, -0.2) is 10.8 Å². The van der Waals surface area contributed by atoms with E-state index in [1.165, 1.54) is 6.20 Å². The molecule has 0 unspecified atom stereocenters. The molecule has 0 spiro atoms. The van der Waals surface area contributed by atoms with Crippen molar-refractivity contribution in [3.05, 3.63) is 65.7 Å². The number of fused-ring (bicyclic) bond motifs is 1. The normalized spacial score (nSPS) is 12.4. The van der Waals surface area contributed by atoms with Crippen molar-refractivity contribution in [2.45, 2.75) is 6.54 Å². The van der Waals surface area contributed by atoms with Crippen LogP contribution < -0.4 is 16.8 Å². The third kappa shape index (κ3) is 3.97. The van der Waals surface area contributed by atoms with Gasteiger partial charge in [-0.3, -0.25) is 4.98 Å². The maximum atomic E-state index is 5.75. The van der Waals surface area contributed by atoms with Gasteiger partial charge in [0.25, 0.3) is 0 Å². The fraction of sp³-hybridized carbons (Fsp3) is 0.0667. The SMILES string of the molecule is C=C(Cl)/N=C(NCc1ccc2ncccc2c1)\C(N)=C/N. The Morgan fingerprint density at radius 3 is 2.95 bits per heavy atom. The van der Waals surface area contributed by atoms with Gasteiger partial charge in [-0.05, 0) is 23.8 Å². The zero-order valence-corrected chi connectivity index (χ0v) is 12.1. The van der Waals surface area contributed by atoms with Crippen LogP contribution in [0, 0.1) is 0 Å². The number of pyridine rings is 1. The second-order valence-electron chi connectivity index (χ2n) is 4.34. The summed E-state index contributed by atoms with van der Waals surface area (Å²) < 4.78 is 0. The highest BCUT2D eigenvalue weighted by Gasteiger charge is 2.04. The van der Waals surface area contributed by atoms with Gasteiger partial charge in [0.15, 0.2) is 5.84 Å². The summed E-state index contributed by atoms with van der Waals surface area (Å²) in [6, 6.07) is 9.91. The third-order valence-corrected chi connectivity index (χ3v) is 2.90. The zero-order chi connectivity index (χ0) is 15.2. The van der Waals surface area contributed by atoms with Crippen molar-refractivity contribution in [3.8, 4) is 0 Å². The Hall–Kier alpha value is -2.53. The Bertz CT molecular complexity index is 721. The van der Waals surface area contributed by atoms with Crippen LogP contribution in [0.25, 0.3) is 10.9 Å². The Labute approximate surface area is 128 Å². The standard InChI is InChI=1S/C15H16ClN5/c1-10(16)21-15(13(18)8-17)20-9-11-4-5-14-12(7-11)3-2-6-19-14/h2-8H,1,9,17-18H2,(H,20,21)/b13-8+. The van der Waals surface area contributed by atoms with E-state index in [-0.39, 0.29) is 5.16 Å². The molecule has 0 fully saturated rings. The Morgan fingerprint density at radius 2 is 2.24 bits per heavy atom. The van der Waals surface area contributed by atoms with Gasteiger partial charge >= 0.3 is 0 Å². The van der Waals surface area contributed by atoms with Crippen molar-refractivity contribution in [2.24, 2.45) is 16.5 Å². The van der Waals surface area contributed by atoms with Gasteiger partial charge in [-0.15, -0.1) is 0 Å². The smallest absolute Gasteiger partial charge is 0.152 e. The summed E-state index contributed by atoms with van der Waals surface area (Å²) in [6.45, 7) is 4.04. The molecule has 0 saturated heterocycles. The summed E-state index contributed by atoms with van der Waals surface area (Å²) in [7, 11) is 0. The van der Waals surface area contributed by atoms with Crippen molar-refractivity contribution >= 4 is 28.3 Å². The molecule has 1 aromatic carbocycles. The van der Waals surface area contributed by atoms with Crippen molar-refractivity contribution in [1.82, 2.24) is 10.3 Å². The molecule has 0 aliphatic rings. The van der Waals surface area contributed by atoms with E-state index in [4.69, 9.17) is 23.1 Å². The predicted octanol–water partition coefficient (Wildman–Crippen LogP) is 2.19. The number of hydrogen-bond acceptors (Lipinski definition) is 4. The van der Waals surface area contributed by atoms with Crippen molar-refractivity contribution in [3.63, 3.8) is 0 Å². The van der Waals surface area contributed by atoms with Gasteiger partial charge in [0, 0.05) is 24.3 Å². The summed E-state index contributed by atoms with van der Waals surface area (Å²) in [6.07, 6.45) is 3.03. The van der Waals surface area contributed by atoms with Crippen LogP contribution in [0.15, 0.2) is 65.2 Å². The molecule has 5 nitrogen and oxygen atoms in total. The summed E-state index contributed by atoms with van der Waals surface area (Å²) >= 11 is 5.68. The number of amidine groups is 1. The molecule has 108 valence electrons. The first kappa shape index (κ1) is 14.9. The molecule has 0 radical (unpaired) electrons. The number of hydrogen-bond donors (Lipinski definition) is 3. The third-order valence-electron chi connectivity index (χ3n) is 2.81. The van der Waals surface area contributed by atoms with Gasteiger partial charge in [-0.2, -0.15) is 0 Å². The molecule has 0 atom stereocenters. The molecule has 0 saturated carbocycles. The molecule has 2 aromatic rings. The van der Waals surface area contributed by atoms with E-state index in [1.807, 2.05) is 30.3 Å². The molecule has 6 heteroatoms. The van der Waals surface area contributed by atoms with E-state index in [2.05, 4.69) is 21.9 Å². The lowest BCUT2D eigenvalue weighted by molar-refractivity contribution is 0.910. The average Bonchev–Trinajstić information content (AvgIpc) is 2.50. The van der Waals surface area contributed by atoms with E-state index < -0.39 is 0 Å². The van der Waals surface area contributed by atoms with Crippen LogP contribution in [-0.2, 0) is 6.54 Å². The van der Waals surface area contributed by atoms with Gasteiger partial charge < -0.3 is 16.8 Å². The number of aromatic nitrogens is 1. The van der Waals surface area contributed by atoms with Crippen LogP contribution >= 0.6 is 11.6 Å². The monoisotopic (exact) mass is 301 g/mol. The molecule has 5 N–H and O–H groups in total. The number of nitrogens with zero attached hydrogens (tertiary/aromatic N) is 2. The van der Waals surface area contributed by atoms with Crippen LogP contribution in [0.1, 0.15) is 5.56 Å². The molecule has 21 heavy (non-hydrogen) atoms. The Morgan fingerprint density at radius 1 is 1.43 bits per heavy atom. The van der Waals surface area contributed by atoms with E-state index >= 15 is 0 Å². The zero-order valence-electron chi connectivity index (χ0n) is 11.4. The number of rotatable bonds is 4. The fourth-order valence-electron chi connectivity index (χ4n) is 1.83. The molecule has 0 bridgehead atoms. The maximum absolute atomic E-state index is 5.75. The lowest BCUT2D eigenvalue weighted by Crippen LogP contribution is -2.29. The second kappa shape index (κ2) is 6.76. The largest absolute Gasteiger partial charge is 0.403 e. The molecule has 0 aliphatic heterocycles. The number of nitrogens with two attached hydrogens (primary N) is 2. The number of nitrogens with one attached hydrogen (secondary N) is 1. The lowest BCUT2D eigenvalue weighted by atomic mass is 10.1. The highest BCUT2D eigenvalue weighted by atomic mass is 35.5. The number of benzene rings is 1. The quantitative estimate of drug-likeness (QED) is 0.459. The lowest BCUT2D eigenvalue weighted by Gasteiger charge is -2.10. The second-order valence-corrected chi connectivity index (χ2v) is 4.78. The van der Waals surface area contributed by atoms with E-state index in [1.54, 1.807) is 6.20 Å². The minimum Gasteiger partial charge on any atom is -0.403 e. The molecule has 2 rings (SSSR count). The van der Waals surface area contributed by atoms with E-state index in [0.29, 0.717) is 18.1 Å². The maximum Gasteiger partial charge on any atom is 0.152 e. The van der Waals surface area contributed by atoms with Crippen LogP contribution in [0.3, 0.4) is 0 Å². The van der Waals surface area contributed by atoms with Crippen LogP contribution in [0.5, 0.6) is 0 Å².